The van der Waals surface area contributed by atoms with Gasteiger partial charge in [-0.2, -0.15) is 10.4 Å². The summed E-state index contributed by atoms with van der Waals surface area (Å²) in [5.74, 6) is 0.710. The smallest absolute Gasteiger partial charge is 0.137 e. The molecule has 0 aliphatic carbocycles. The third-order valence-electron chi connectivity index (χ3n) is 4.46. The highest BCUT2D eigenvalue weighted by Crippen LogP contribution is 2.19. The Bertz CT molecular complexity index is 680. The van der Waals surface area contributed by atoms with Crippen LogP contribution in [-0.2, 0) is 13.0 Å². The van der Waals surface area contributed by atoms with Gasteiger partial charge < -0.3 is 9.84 Å². The van der Waals surface area contributed by atoms with Crippen LogP contribution in [0.4, 0.5) is 0 Å². The van der Waals surface area contributed by atoms with E-state index in [1.54, 1.807) is 12.7 Å². The van der Waals surface area contributed by atoms with Gasteiger partial charge in [0.05, 0.1) is 19.0 Å². The minimum atomic E-state index is -0.546. The summed E-state index contributed by atoms with van der Waals surface area (Å²) in [4.78, 5) is 6.27. The average molecular weight is 341 g/mol. The first-order valence-corrected chi connectivity index (χ1v) is 8.58. The lowest BCUT2D eigenvalue weighted by Crippen LogP contribution is -2.40. The number of aliphatic hydroxyl groups excluding tert-OH is 1. The van der Waals surface area contributed by atoms with Crippen molar-refractivity contribution in [3.8, 4) is 11.8 Å². The maximum Gasteiger partial charge on any atom is 0.137 e. The molecular weight excluding hydrogens is 318 g/mol. The molecule has 7 nitrogen and oxygen atoms in total. The van der Waals surface area contributed by atoms with Crippen molar-refractivity contribution >= 4 is 0 Å². The van der Waals surface area contributed by atoms with Gasteiger partial charge in [0, 0.05) is 12.6 Å². The molecule has 0 radical (unpaired) electrons. The van der Waals surface area contributed by atoms with Crippen LogP contribution >= 0.6 is 0 Å². The van der Waals surface area contributed by atoms with Gasteiger partial charge in [-0.15, -0.1) is 0 Å². The zero-order chi connectivity index (χ0) is 17.5. The minimum absolute atomic E-state index is 0.254. The van der Waals surface area contributed by atoms with Gasteiger partial charge in [0.1, 0.15) is 31.1 Å². The summed E-state index contributed by atoms with van der Waals surface area (Å²) in [6.45, 7) is 2.63. The number of likely N-dealkylation sites (tertiary alicyclic amines) is 1. The predicted molar refractivity (Wildman–Crippen MR) is 91.9 cm³/mol. The summed E-state index contributed by atoms with van der Waals surface area (Å²) >= 11 is 0. The van der Waals surface area contributed by atoms with Crippen LogP contribution in [-0.4, -0.2) is 56.6 Å². The van der Waals surface area contributed by atoms with Gasteiger partial charge in [0.2, 0.25) is 0 Å². The summed E-state index contributed by atoms with van der Waals surface area (Å²) in [6.07, 6.45) is 5.36. The zero-order valence-corrected chi connectivity index (χ0v) is 14.2. The maximum atomic E-state index is 10.3. The van der Waals surface area contributed by atoms with E-state index in [0.717, 1.165) is 31.5 Å². The van der Waals surface area contributed by atoms with Crippen LogP contribution in [0.25, 0.3) is 0 Å². The number of nitrogens with zero attached hydrogens (tertiary/aromatic N) is 5. The zero-order valence-electron chi connectivity index (χ0n) is 14.2. The Morgan fingerprint density at radius 2 is 2.20 bits per heavy atom. The first-order chi connectivity index (χ1) is 12.2. The Kier molecular flexibility index (Phi) is 5.99. The number of aromatic nitrogens is 3. The van der Waals surface area contributed by atoms with E-state index < -0.39 is 6.10 Å². The van der Waals surface area contributed by atoms with Crippen molar-refractivity contribution in [2.45, 2.75) is 38.0 Å². The van der Waals surface area contributed by atoms with Crippen molar-refractivity contribution in [1.82, 2.24) is 19.7 Å². The number of aliphatic hydroxyl groups is 1. The molecule has 0 amide bonds. The fraction of sp³-hybridized carbons (Fsp3) is 0.500. The molecule has 0 saturated carbocycles. The van der Waals surface area contributed by atoms with Crippen LogP contribution in [0.1, 0.15) is 18.4 Å². The second-order valence-corrected chi connectivity index (χ2v) is 6.35. The second-order valence-electron chi connectivity index (χ2n) is 6.35. The van der Waals surface area contributed by atoms with Crippen molar-refractivity contribution in [2.75, 3.05) is 19.7 Å². The van der Waals surface area contributed by atoms with E-state index in [4.69, 9.17) is 10.00 Å². The van der Waals surface area contributed by atoms with E-state index in [2.05, 4.69) is 21.1 Å². The van der Waals surface area contributed by atoms with Gasteiger partial charge >= 0.3 is 0 Å². The van der Waals surface area contributed by atoms with E-state index in [9.17, 15) is 5.11 Å². The van der Waals surface area contributed by atoms with Gasteiger partial charge in [-0.3, -0.25) is 9.58 Å². The molecule has 3 rings (SSSR count). The first-order valence-electron chi connectivity index (χ1n) is 8.58. The quantitative estimate of drug-likeness (QED) is 0.777. The molecule has 1 fully saturated rings. The number of β-amino-alcohol motifs (C(OH)–C–C–N with tert-alkyl or cyclic N) is 1. The third-order valence-corrected chi connectivity index (χ3v) is 4.46. The summed E-state index contributed by atoms with van der Waals surface area (Å²) in [5, 5.41) is 23.1. The van der Waals surface area contributed by atoms with Crippen molar-refractivity contribution in [3.63, 3.8) is 0 Å². The van der Waals surface area contributed by atoms with Gasteiger partial charge in [-0.25, -0.2) is 4.98 Å². The lowest BCUT2D eigenvalue weighted by Gasteiger charge is -2.26. The molecule has 7 heteroatoms. The van der Waals surface area contributed by atoms with Gasteiger partial charge in [-0.1, -0.05) is 12.1 Å². The fourth-order valence-electron chi connectivity index (χ4n) is 3.20. The molecular formula is C18H23N5O2. The fourth-order valence-corrected chi connectivity index (χ4v) is 3.20. The molecule has 0 spiro atoms. The molecule has 1 aromatic heterocycles. The third kappa shape index (κ3) is 5.02. The number of hydrogen-bond acceptors (Lipinski definition) is 6. The monoisotopic (exact) mass is 341 g/mol. The lowest BCUT2D eigenvalue weighted by atomic mass is 10.2. The SMILES string of the molecule is N#CCc1ccc(OC[C@H](O)CN2CCC[C@@H]2Cn2cncn2)cc1. The van der Waals surface area contributed by atoms with Crippen molar-refractivity contribution < 1.29 is 9.84 Å². The standard InChI is InChI=1S/C18H23N5O2/c19-8-7-15-3-5-18(6-4-15)25-12-17(24)11-22-9-1-2-16(22)10-23-14-20-13-21-23/h3-6,13-14,16-17,24H,1-2,7,9-12H2/t16-,17-/m1/s1. The molecule has 0 bridgehead atoms. The normalized spacial score (nSPS) is 18.8. The topological polar surface area (TPSA) is 87.2 Å². The largest absolute Gasteiger partial charge is 0.491 e. The lowest BCUT2D eigenvalue weighted by molar-refractivity contribution is 0.0609. The summed E-state index contributed by atoms with van der Waals surface area (Å²) < 4.78 is 7.51. The summed E-state index contributed by atoms with van der Waals surface area (Å²) in [6, 6.07) is 9.92. The summed E-state index contributed by atoms with van der Waals surface area (Å²) in [7, 11) is 0. The van der Waals surface area contributed by atoms with Gasteiger partial charge in [-0.05, 0) is 37.1 Å². The number of benzene rings is 1. The van der Waals surface area contributed by atoms with E-state index in [-0.39, 0.29) is 6.61 Å². The minimum Gasteiger partial charge on any atom is -0.491 e. The highest BCUT2D eigenvalue weighted by molar-refractivity contribution is 5.28. The van der Waals surface area contributed by atoms with E-state index >= 15 is 0 Å². The molecule has 1 N–H and O–H groups in total. The van der Waals surface area contributed by atoms with Crippen LogP contribution in [0.3, 0.4) is 0 Å². The Balaban J connectivity index is 1.45. The molecule has 1 aliphatic rings. The number of ether oxygens (including phenoxy) is 1. The molecule has 2 aromatic rings. The molecule has 2 atom stereocenters. The van der Waals surface area contributed by atoms with Gasteiger partial charge in [0.15, 0.2) is 0 Å². The Hall–Kier alpha value is -2.43. The molecule has 132 valence electrons. The number of nitriles is 1. The highest BCUT2D eigenvalue weighted by Gasteiger charge is 2.26. The molecule has 0 unspecified atom stereocenters. The van der Waals surface area contributed by atoms with Gasteiger partial charge in [0.25, 0.3) is 0 Å². The number of rotatable bonds is 8. The second kappa shape index (κ2) is 8.60. The molecule has 25 heavy (non-hydrogen) atoms. The van der Waals surface area contributed by atoms with E-state index in [1.807, 2.05) is 28.9 Å². The molecule has 2 heterocycles. The van der Waals surface area contributed by atoms with Crippen LogP contribution in [0, 0.1) is 11.3 Å². The maximum absolute atomic E-state index is 10.3. The van der Waals surface area contributed by atoms with Crippen LogP contribution in [0.5, 0.6) is 5.75 Å². The van der Waals surface area contributed by atoms with Crippen LogP contribution in [0.2, 0.25) is 0 Å². The van der Waals surface area contributed by atoms with Crippen LogP contribution < -0.4 is 4.74 Å². The Morgan fingerprint density at radius 3 is 2.92 bits per heavy atom. The van der Waals surface area contributed by atoms with Crippen LogP contribution in [0.15, 0.2) is 36.9 Å². The van der Waals surface area contributed by atoms with E-state index in [1.165, 1.54) is 0 Å². The van der Waals surface area contributed by atoms with E-state index in [0.29, 0.717) is 24.8 Å². The molecule has 1 aliphatic heterocycles. The van der Waals surface area contributed by atoms with Crippen molar-refractivity contribution in [1.29, 1.82) is 5.26 Å². The summed E-state index contributed by atoms with van der Waals surface area (Å²) in [5.41, 5.74) is 0.961. The molecule has 1 saturated heterocycles. The first kappa shape index (κ1) is 17.4. The van der Waals surface area contributed by atoms with Crippen molar-refractivity contribution in [3.05, 3.63) is 42.5 Å². The highest BCUT2D eigenvalue weighted by atomic mass is 16.5. The van der Waals surface area contributed by atoms with Crippen molar-refractivity contribution in [2.24, 2.45) is 0 Å². The average Bonchev–Trinajstić information content (AvgIpc) is 3.28. The molecule has 1 aromatic carbocycles. The Labute approximate surface area is 147 Å². The Morgan fingerprint density at radius 1 is 1.36 bits per heavy atom. The number of hydrogen-bond donors (Lipinski definition) is 1. The predicted octanol–water partition coefficient (Wildman–Crippen LogP) is 1.25.